The molecule has 148 valence electrons. The van der Waals surface area contributed by atoms with Gasteiger partial charge in [-0.15, -0.1) is 5.10 Å². The molecule has 2 saturated heterocycles. The van der Waals surface area contributed by atoms with Crippen molar-refractivity contribution in [1.29, 1.82) is 0 Å². The van der Waals surface area contributed by atoms with Gasteiger partial charge in [0, 0.05) is 44.0 Å². The van der Waals surface area contributed by atoms with E-state index in [1.165, 1.54) is 0 Å². The van der Waals surface area contributed by atoms with Crippen LogP contribution < -0.4 is 0 Å². The lowest BCUT2D eigenvalue weighted by Gasteiger charge is -2.38. The predicted octanol–water partition coefficient (Wildman–Crippen LogP) is 1.28. The molecule has 0 aliphatic carbocycles. The summed E-state index contributed by atoms with van der Waals surface area (Å²) in [6, 6.07) is 9.42. The molecule has 9 nitrogen and oxygen atoms in total. The molecular formula is C20H21N7O2. The normalized spacial score (nSPS) is 17.0. The van der Waals surface area contributed by atoms with Crippen molar-refractivity contribution in [2.75, 3.05) is 19.6 Å². The van der Waals surface area contributed by atoms with Gasteiger partial charge in [0.15, 0.2) is 0 Å². The Kier molecular flexibility index (Phi) is 4.34. The number of carbonyl (C=O) groups excluding carboxylic acids is 2. The van der Waals surface area contributed by atoms with Crippen molar-refractivity contribution in [3.63, 3.8) is 0 Å². The summed E-state index contributed by atoms with van der Waals surface area (Å²) in [4.78, 5) is 28.2. The molecular weight excluding hydrogens is 370 g/mol. The third kappa shape index (κ3) is 3.39. The predicted molar refractivity (Wildman–Crippen MR) is 103 cm³/mol. The Bertz CT molecular complexity index is 1040. The molecule has 0 unspecified atom stereocenters. The zero-order chi connectivity index (χ0) is 19.8. The first-order chi connectivity index (χ1) is 14.2. The van der Waals surface area contributed by atoms with Gasteiger partial charge in [-0.2, -0.15) is 5.10 Å². The fourth-order valence-corrected chi connectivity index (χ4v) is 3.81. The van der Waals surface area contributed by atoms with Crippen LogP contribution in [0.5, 0.6) is 0 Å². The summed E-state index contributed by atoms with van der Waals surface area (Å²) >= 11 is 0. The third-order valence-corrected chi connectivity index (χ3v) is 5.47. The zero-order valence-electron chi connectivity index (χ0n) is 15.9. The molecule has 9 heteroatoms. The van der Waals surface area contributed by atoms with Gasteiger partial charge in [-0.05, 0) is 30.7 Å². The average molecular weight is 391 g/mol. The van der Waals surface area contributed by atoms with E-state index in [1.807, 2.05) is 47.6 Å². The lowest BCUT2D eigenvalue weighted by atomic mass is 10.1. The van der Waals surface area contributed by atoms with Crippen LogP contribution >= 0.6 is 0 Å². The Morgan fingerprint density at radius 1 is 1.21 bits per heavy atom. The number of likely N-dealkylation sites (tertiary alicyclic amines) is 2. The van der Waals surface area contributed by atoms with E-state index in [-0.39, 0.29) is 17.9 Å². The van der Waals surface area contributed by atoms with Gasteiger partial charge in [-0.3, -0.25) is 9.59 Å². The van der Waals surface area contributed by atoms with Crippen molar-refractivity contribution in [3.8, 4) is 5.69 Å². The first-order valence-electron chi connectivity index (χ1n) is 9.75. The lowest BCUT2D eigenvalue weighted by Crippen LogP contribution is -2.50. The highest BCUT2D eigenvalue weighted by Gasteiger charge is 2.33. The van der Waals surface area contributed by atoms with Crippen LogP contribution in [0.3, 0.4) is 0 Å². The number of amides is 2. The molecule has 3 aromatic rings. The quantitative estimate of drug-likeness (QED) is 0.654. The number of nitrogens with zero attached hydrogens (tertiary/aromatic N) is 7. The summed E-state index contributed by atoms with van der Waals surface area (Å²) in [5.74, 6) is 0.176. The Morgan fingerprint density at radius 3 is 2.86 bits per heavy atom. The second-order valence-corrected chi connectivity index (χ2v) is 7.47. The first-order valence-corrected chi connectivity index (χ1v) is 9.75. The summed E-state index contributed by atoms with van der Waals surface area (Å²) in [6.45, 7) is 2.48. The van der Waals surface area contributed by atoms with Crippen molar-refractivity contribution in [3.05, 3.63) is 60.2 Å². The molecule has 0 atom stereocenters. The summed E-state index contributed by atoms with van der Waals surface area (Å²) < 4.78 is 3.54. The van der Waals surface area contributed by atoms with E-state index in [4.69, 9.17) is 0 Å². The molecule has 5 rings (SSSR count). The number of carbonyl (C=O) groups is 2. The number of benzene rings is 1. The van der Waals surface area contributed by atoms with Crippen molar-refractivity contribution in [1.82, 2.24) is 34.6 Å². The van der Waals surface area contributed by atoms with Gasteiger partial charge in [0.2, 0.25) is 5.91 Å². The largest absolute Gasteiger partial charge is 0.337 e. The van der Waals surface area contributed by atoms with Crippen LogP contribution in [0, 0.1) is 0 Å². The van der Waals surface area contributed by atoms with Crippen LogP contribution in [0.2, 0.25) is 0 Å². The van der Waals surface area contributed by atoms with Gasteiger partial charge in [-0.25, -0.2) is 9.36 Å². The molecule has 2 aliphatic rings. The smallest absolute Gasteiger partial charge is 0.254 e. The summed E-state index contributed by atoms with van der Waals surface area (Å²) in [6.07, 6.45) is 6.97. The van der Waals surface area contributed by atoms with Crippen LogP contribution in [-0.2, 0) is 11.3 Å². The maximum absolute atomic E-state index is 12.8. The van der Waals surface area contributed by atoms with E-state index in [0.29, 0.717) is 31.6 Å². The van der Waals surface area contributed by atoms with Crippen molar-refractivity contribution >= 4 is 11.8 Å². The molecule has 1 aromatic carbocycles. The minimum Gasteiger partial charge on any atom is -0.337 e. The highest BCUT2D eigenvalue weighted by atomic mass is 16.2. The van der Waals surface area contributed by atoms with E-state index in [0.717, 1.165) is 24.3 Å². The standard InChI is InChI=1S/C20H21N7O2/c28-19-6-2-8-24(19)11-16-12-27(23-22-16)18-13-25(14-18)20(29)15-4-1-5-17(10-15)26-9-3-7-21-26/h1,3-5,7,9-10,12,18H,2,6,8,11,13-14H2. The van der Waals surface area contributed by atoms with Crippen LogP contribution in [0.4, 0.5) is 0 Å². The average Bonchev–Trinajstić information content (AvgIpc) is 3.45. The fourth-order valence-electron chi connectivity index (χ4n) is 3.81. The van der Waals surface area contributed by atoms with Gasteiger partial charge in [0.05, 0.1) is 24.5 Å². The summed E-state index contributed by atoms with van der Waals surface area (Å²) in [5, 5.41) is 12.6. The molecule has 4 heterocycles. The highest BCUT2D eigenvalue weighted by Crippen LogP contribution is 2.24. The molecule has 0 N–H and O–H groups in total. The zero-order valence-corrected chi connectivity index (χ0v) is 15.9. The highest BCUT2D eigenvalue weighted by molar-refractivity contribution is 5.95. The van der Waals surface area contributed by atoms with Gasteiger partial charge in [-0.1, -0.05) is 11.3 Å². The number of hydrogen-bond donors (Lipinski definition) is 0. The maximum atomic E-state index is 12.8. The Balaban J connectivity index is 1.21. The lowest BCUT2D eigenvalue weighted by molar-refractivity contribution is -0.128. The van der Waals surface area contributed by atoms with E-state index in [9.17, 15) is 9.59 Å². The van der Waals surface area contributed by atoms with Gasteiger partial charge in [0.25, 0.3) is 5.91 Å². The molecule has 29 heavy (non-hydrogen) atoms. The summed E-state index contributed by atoms with van der Waals surface area (Å²) in [5.41, 5.74) is 2.29. The van der Waals surface area contributed by atoms with E-state index in [2.05, 4.69) is 15.4 Å². The molecule has 2 aromatic heterocycles. The Morgan fingerprint density at radius 2 is 2.10 bits per heavy atom. The number of rotatable bonds is 5. The Hall–Kier alpha value is -3.49. The molecule has 2 amide bonds. The van der Waals surface area contributed by atoms with Gasteiger partial charge in [0.1, 0.15) is 5.69 Å². The summed E-state index contributed by atoms with van der Waals surface area (Å²) in [7, 11) is 0. The second kappa shape index (κ2) is 7.16. The SMILES string of the molecule is O=C1CCCN1Cc1cn(C2CN(C(=O)c3cccc(-n4cccn4)c3)C2)nn1. The molecule has 2 fully saturated rings. The van der Waals surface area contributed by atoms with E-state index in [1.54, 1.807) is 20.5 Å². The molecule has 0 spiro atoms. The molecule has 0 saturated carbocycles. The van der Waals surface area contributed by atoms with Crippen LogP contribution in [0.1, 0.15) is 34.9 Å². The number of aromatic nitrogens is 5. The number of hydrogen-bond acceptors (Lipinski definition) is 5. The van der Waals surface area contributed by atoms with Gasteiger partial charge < -0.3 is 9.80 Å². The second-order valence-electron chi connectivity index (χ2n) is 7.47. The third-order valence-electron chi connectivity index (χ3n) is 5.47. The monoisotopic (exact) mass is 391 g/mol. The van der Waals surface area contributed by atoms with Crippen molar-refractivity contribution < 1.29 is 9.59 Å². The van der Waals surface area contributed by atoms with Crippen LogP contribution in [0.15, 0.2) is 48.9 Å². The first kappa shape index (κ1) is 17.6. The van der Waals surface area contributed by atoms with E-state index >= 15 is 0 Å². The Labute approximate surface area is 167 Å². The molecule has 0 radical (unpaired) electrons. The van der Waals surface area contributed by atoms with Crippen LogP contribution in [0.25, 0.3) is 5.69 Å². The minimum absolute atomic E-state index is 0.00161. The van der Waals surface area contributed by atoms with Crippen LogP contribution in [-0.4, -0.2) is 66.0 Å². The van der Waals surface area contributed by atoms with Gasteiger partial charge >= 0.3 is 0 Å². The fraction of sp³-hybridized carbons (Fsp3) is 0.350. The topological polar surface area (TPSA) is 89.2 Å². The molecule has 2 aliphatic heterocycles. The van der Waals surface area contributed by atoms with E-state index < -0.39 is 0 Å². The van der Waals surface area contributed by atoms with Crippen molar-refractivity contribution in [2.24, 2.45) is 0 Å². The maximum Gasteiger partial charge on any atom is 0.254 e. The minimum atomic E-state index is -0.00161. The van der Waals surface area contributed by atoms with Crippen molar-refractivity contribution in [2.45, 2.75) is 25.4 Å². The molecule has 0 bridgehead atoms.